The number of alkyl halides is 3. The van der Waals surface area contributed by atoms with Crippen molar-refractivity contribution in [3.63, 3.8) is 0 Å². The van der Waals surface area contributed by atoms with Crippen LogP contribution in [0.4, 0.5) is 22.0 Å². The zero-order chi connectivity index (χ0) is 27.4. The Balaban J connectivity index is 1.59. The van der Waals surface area contributed by atoms with Crippen LogP contribution < -0.4 is 4.18 Å². The van der Waals surface area contributed by atoms with Gasteiger partial charge in [-0.05, 0) is 55.5 Å². The van der Waals surface area contributed by atoms with Crippen LogP contribution in [-0.2, 0) is 33.3 Å². The summed E-state index contributed by atoms with van der Waals surface area (Å²) < 4.78 is 101. The van der Waals surface area contributed by atoms with Crippen LogP contribution in [0.1, 0.15) is 50.8 Å². The van der Waals surface area contributed by atoms with Gasteiger partial charge >= 0.3 is 15.6 Å². The van der Waals surface area contributed by atoms with Crippen LogP contribution in [0.2, 0.25) is 0 Å². The van der Waals surface area contributed by atoms with Gasteiger partial charge in [-0.2, -0.15) is 21.6 Å². The van der Waals surface area contributed by atoms with Crippen LogP contribution in [0.15, 0.2) is 36.4 Å². The number of hydrogen-bond donors (Lipinski definition) is 0. The fourth-order valence-electron chi connectivity index (χ4n) is 5.76. The van der Waals surface area contributed by atoms with Gasteiger partial charge in [0, 0.05) is 29.1 Å². The summed E-state index contributed by atoms with van der Waals surface area (Å²) in [5.74, 6) is -1.69. The number of ether oxygens (including phenoxy) is 1. The molecule has 11 heteroatoms. The molecule has 2 aliphatic rings. The summed E-state index contributed by atoms with van der Waals surface area (Å²) in [6, 6.07) is 8.03. The highest BCUT2D eigenvalue weighted by Crippen LogP contribution is 2.57. The van der Waals surface area contributed by atoms with E-state index < -0.39 is 38.8 Å². The van der Waals surface area contributed by atoms with Gasteiger partial charge in [0.05, 0.1) is 12.7 Å². The second-order valence-electron chi connectivity index (χ2n) is 10.6. The topological polar surface area (TPSA) is 55.8 Å². The van der Waals surface area contributed by atoms with Crippen LogP contribution in [-0.4, -0.2) is 44.1 Å². The largest absolute Gasteiger partial charge is 0.534 e. The number of halogens is 5. The van der Waals surface area contributed by atoms with Crippen LogP contribution in [0, 0.1) is 17.0 Å². The van der Waals surface area contributed by atoms with Crippen LogP contribution in [0.25, 0.3) is 0 Å². The molecular formula is C26H30F5NO4S. The lowest BCUT2D eigenvalue weighted by Crippen LogP contribution is -2.64. The van der Waals surface area contributed by atoms with Crippen LogP contribution >= 0.6 is 0 Å². The molecule has 1 aliphatic carbocycles. The van der Waals surface area contributed by atoms with E-state index in [9.17, 15) is 30.4 Å². The molecule has 2 aromatic rings. The quantitative estimate of drug-likeness (QED) is 0.253. The van der Waals surface area contributed by atoms with Crippen molar-refractivity contribution in [3.8, 4) is 5.75 Å². The Kier molecular flexibility index (Phi) is 7.13. The highest BCUT2D eigenvalue weighted by molar-refractivity contribution is 7.88. The van der Waals surface area contributed by atoms with Crippen molar-refractivity contribution in [1.29, 1.82) is 0 Å². The molecule has 1 fully saturated rings. The molecule has 5 nitrogen and oxygen atoms in total. The smallest absolute Gasteiger partial charge is 0.376 e. The number of fused-ring (bicyclic) bond motifs is 4. The van der Waals surface area contributed by atoms with Gasteiger partial charge in [-0.3, -0.25) is 4.90 Å². The fraction of sp³-hybridized carbons (Fsp3) is 0.538. The van der Waals surface area contributed by atoms with Crippen molar-refractivity contribution in [2.24, 2.45) is 5.41 Å². The molecule has 1 aliphatic heterocycles. The van der Waals surface area contributed by atoms with Gasteiger partial charge in [0.25, 0.3) is 0 Å². The normalized spacial score (nSPS) is 24.4. The zero-order valence-corrected chi connectivity index (χ0v) is 21.8. The number of nitrogens with zero attached hydrogens (tertiary/aromatic N) is 1. The summed E-state index contributed by atoms with van der Waals surface area (Å²) in [4.78, 5) is 2.15. The first-order chi connectivity index (χ1) is 17.1. The molecular weight excluding hydrogens is 517 g/mol. The van der Waals surface area contributed by atoms with Gasteiger partial charge in [-0.25, -0.2) is 8.78 Å². The molecule has 0 aromatic heterocycles. The first-order valence-corrected chi connectivity index (χ1v) is 13.4. The molecule has 4 rings (SSSR count). The molecule has 0 saturated carbocycles. The third-order valence-electron chi connectivity index (χ3n) is 8.27. The van der Waals surface area contributed by atoms with E-state index >= 15 is 0 Å². The Bertz CT molecular complexity index is 1260. The van der Waals surface area contributed by atoms with E-state index in [1.54, 1.807) is 6.92 Å². The summed E-state index contributed by atoms with van der Waals surface area (Å²) >= 11 is 0. The standard InChI is InChI=1S/C26H30F5NO4S/c1-16(35-15-18-20(27)8-6-9-21(18)28)14-32-12-11-25(4)19-7-5-10-22(36-37(33,34)26(29,30)31)17(19)13-23(32)24(25,2)3/h5-10,16,23H,11-15H2,1-4H3/t16-,23+,25-/m0/s1. The van der Waals surface area contributed by atoms with Gasteiger partial charge in [-0.15, -0.1) is 0 Å². The highest BCUT2D eigenvalue weighted by atomic mass is 32.2. The van der Waals surface area contributed by atoms with E-state index in [-0.39, 0.29) is 35.8 Å². The minimum Gasteiger partial charge on any atom is -0.376 e. The van der Waals surface area contributed by atoms with Gasteiger partial charge < -0.3 is 8.92 Å². The molecule has 0 N–H and O–H groups in total. The Hall–Kier alpha value is -2.24. The lowest BCUT2D eigenvalue weighted by Gasteiger charge is -2.61. The lowest BCUT2D eigenvalue weighted by molar-refractivity contribution is -0.0657. The van der Waals surface area contributed by atoms with Gasteiger partial charge in [0.1, 0.15) is 17.4 Å². The number of hydrogen-bond acceptors (Lipinski definition) is 5. The lowest BCUT2D eigenvalue weighted by atomic mass is 9.51. The maximum Gasteiger partial charge on any atom is 0.534 e. The van der Waals surface area contributed by atoms with Crippen molar-refractivity contribution in [3.05, 3.63) is 64.7 Å². The average molecular weight is 548 g/mol. The molecule has 204 valence electrons. The van der Waals surface area contributed by atoms with Crippen molar-refractivity contribution >= 4 is 10.1 Å². The number of piperidine rings is 1. The summed E-state index contributed by atoms with van der Waals surface area (Å²) in [5, 5.41) is 0. The SMILES string of the molecule is C[C@@H](CN1CC[C@@]2(C)c3cccc(OS(=O)(=O)C(F)(F)F)c3C[C@@H]1C2(C)C)OCc1c(F)cccc1F. The predicted octanol–water partition coefficient (Wildman–Crippen LogP) is 5.71. The predicted molar refractivity (Wildman–Crippen MR) is 127 cm³/mol. The van der Waals surface area contributed by atoms with E-state index in [2.05, 4.69) is 22.9 Å². The van der Waals surface area contributed by atoms with Crippen molar-refractivity contribution in [1.82, 2.24) is 4.90 Å². The average Bonchev–Trinajstić information content (AvgIpc) is 2.77. The number of rotatable bonds is 7. The zero-order valence-electron chi connectivity index (χ0n) is 21.0. The fourth-order valence-corrected chi connectivity index (χ4v) is 6.25. The van der Waals surface area contributed by atoms with Gasteiger partial charge in [-0.1, -0.05) is 39.0 Å². The highest BCUT2D eigenvalue weighted by Gasteiger charge is 2.57. The minimum atomic E-state index is -5.82. The van der Waals surface area contributed by atoms with Gasteiger partial charge in [0.2, 0.25) is 0 Å². The molecule has 37 heavy (non-hydrogen) atoms. The summed E-state index contributed by atoms with van der Waals surface area (Å²) in [5.41, 5.74) is -5.27. The molecule has 0 unspecified atom stereocenters. The Labute approximate surface area is 213 Å². The Morgan fingerprint density at radius 3 is 2.32 bits per heavy atom. The Morgan fingerprint density at radius 1 is 1.08 bits per heavy atom. The molecule has 2 aromatic carbocycles. The van der Waals surface area contributed by atoms with E-state index in [4.69, 9.17) is 4.74 Å². The van der Waals surface area contributed by atoms with Crippen molar-refractivity contribution in [2.45, 2.75) is 70.2 Å². The molecule has 1 saturated heterocycles. The van der Waals surface area contributed by atoms with Crippen molar-refractivity contribution in [2.75, 3.05) is 13.1 Å². The third-order valence-corrected chi connectivity index (χ3v) is 9.23. The minimum absolute atomic E-state index is 0.153. The van der Waals surface area contributed by atoms with E-state index in [0.717, 1.165) is 5.56 Å². The molecule has 0 spiro atoms. The maximum absolute atomic E-state index is 14.0. The molecule has 0 amide bonds. The number of likely N-dealkylation sites (tertiary alicyclic amines) is 1. The molecule has 0 radical (unpaired) electrons. The second-order valence-corrected chi connectivity index (χ2v) is 12.1. The first kappa shape index (κ1) is 27.8. The van der Waals surface area contributed by atoms with Gasteiger partial charge in [0.15, 0.2) is 0 Å². The van der Waals surface area contributed by atoms with E-state index in [0.29, 0.717) is 25.1 Å². The molecule has 2 bridgehead atoms. The second kappa shape index (κ2) is 9.50. The Morgan fingerprint density at radius 2 is 1.70 bits per heavy atom. The number of benzene rings is 2. The maximum atomic E-state index is 14.0. The van der Waals surface area contributed by atoms with Crippen LogP contribution in [0.3, 0.4) is 0 Å². The molecule has 3 atom stereocenters. The monoisotopic (exact) mass is 547 g/mol. The van der Waals surface area contributed by atoms with Crippen LogP contribution in [0.5, 0.6) is 5.75 Å². The third kappa shape index (κ3) is 4.85. The van der Waals surface area contributed by atoms with Crippen molar-refractivity contribution < 1.29 is 39.3 Å². The molecule has 1 heterocycles. The first-order valence-electron chi connectivity index (χ1n) is 12.0. The summed E-state index contributed by atoms with van der Waals surface area (Å²) in [7, 11) is -5.82. The summed E-state index contributed by atoms with van der Waals surface area (Å²) in [6.07, 6.45) is 0.529. The van der Waals surface area contributed by atoms with E-state index in [1.165, 1.54) is 30.3 Å². The summed E-state index contributed by atoms with van der Waals surface area (Å²) in [6.45, 7) is 8.85. The van der Waals surface area contributed by atoms with E-state index in [1.807, 2.05) is 13.0 Å².